The van der Waals surface area contributed by atoms with Gasteiger partial charge in [-0.15, -0.1) is 0 Å². The third-order valence-corrected chi connectivity index (χ3v) is 7.82. The van der Waals surface area contributed by atoms with Gasteiger partial charge in [-0.3, -0.25) is 14.2 Å². The zero-order valence-electron chi connectivity index (χ0n) is 20.3. The van der Waals surface area contributed by atoms with Crippen LogP contribution in [0.15, 0.2) is 29.3 Å². The van der Waals surface area contributed by atoms with Crippen molar-refractivity contribution in [3.8, 4) is 0 Å². The number of hydrogen-bond donors (Lipinski definition) is 2. The molecule has 5 heterocycles. The lowest BCUT2D eigenvalue weighted by atomic mass is 10.0. The second-order valence-corrected chi connectivity index (χ2v) is 10.2. The molecule has 182 valence electrons. The van der Waals surface area contributed by atoms with Crippen molar-refractivity contribution in [3.63, 3.8) is 0 Å². The zero-order valence-corrected chi connectivity index (χ0v) is 20.3. The average molecular weight is 474 g/mol. The van der Waals surface area contributed by atoms with Gasteiger partial charge in [0.2, 0.25) is 5.95 Å². The summed E-state index contributed by atoms with van der Waals surface area (Å²) >= 11 is 0. The van der Waals surface area contributed by atoms with Crippen LogP contribution in [0.1, 0.15) is 67.4 Å². The Balaban J connectivity index is 1.32. The molecule has 2 saturated heterocycles. The van der Waals surface area contributed by atoms with Crippen molar-refractivity contribution >= 4 is 34.3 Å². The second kappa shape index (κ2) is 8.71. The highest BCUT2D eigenvalue weighted by Crippen LogP contribution is 2.32. The van der Waals surface area contributed by atoms with Crippen molar-refractivity contribution in [1.29, 1.82) is 0 Å². The molecule has 35 heavy (non-hydrogen) atoms. The van der Waals surface area contributed by atoms with Crippen molar-refractivity contribution in [1.82, 2.24) is 24.8 Å². The first kappa shape index (κ1) is 22.2. The Morgan fingerprint density at radius 3 is 2.46 bits per heavy atom. The predicted octanol–water partition coefficient (Wildman–Crippen LogP) is 3.50. The SMILES string of the molecule is CC(=O)c1c(C)c2cnc(Nc3ccc(N4CC5CCC(C4)N5)cn3)nc2n(C2CCCC2)c1=O. The number of hydrogen-bond acceptors (Lipinski definition) is 8. The van der Waals surface area contributed by atoms with Crippen LogP contribution in [0.3, 0.4) is 0 Å². The fourth-order valence-corrected chi connectivity index (χ4v) is 6.08. The van der Waals surface area contributed by atoms with Gasteiger partial charge in [0.05, 0.1) is 17.4 Å². The van der Waals surface area contributed by atoms with Gasteiger partial charge in [-0.05, 0) is 57.2 Å². The summed E-state index contributed by atoms with van der Waals surface area (Å²) in [6.07, 6.45) is 10.1. The number of rotatable bonds is 5. The summed E-state index contributed by atoms with van der Waals surface area (Å²) in [6.45, 7) is 5.28. The van der Waals surface area contributed by atoms with E-state index in [-0.39, 0.29) is 22.9 Å². The summed E-state index contributed by atoms with van der Waals surface area (Å²) < 4.78 is 1.73. The van der Waals surface area contributed by atoms with E-state index in [1.807, 2.05) is 12.3 Å². The van der Waals surface area contributed by atoms with Gasteiger partial charge in [-0.1, -0.05) is 12.8 Å². The van der Waals surface area contributed by atoms with E-state index in [4.69, 9.17) is 4.98 Å². The topological polar surface area (TPSA) is 105 Å². The Hall–Kier alpha value is -3.33. The maximum absolute atomic E-state index is 13.4. The van der Waals surface area contributed by atoms with Crippen LogP contribution in [0.5, 0.6) is 0 Å². The monoisotopic (exact) mass is 473 g/mol. The molecule has 0 radical (unpaired) electrons. The van der Waals surface area contributed by atoms with Gasteiger partial charge in [0.1, 0.15) is 11.5 Å². The molecule has 9 nitrogen and oxygen atoms in total. The average Bonchev–Trinajstić information content (AvgIpc) is 3.49. The van der Waals surface area contributed by atoms with Gasteiger partial charge >= 0.3 is 0 Å². The van der Waals surface area contributed by atoms with Crippen LogP contribution in [0.4, 0.5) is 17.5 Å². The van der Waals surface area contributed by atoms with Gasteiger partial charge in [0, 0.05) is 42.8 Å². The Morgan fingerprint density at radius 2 is 1.80 bits per heavy atom. The van der Waals surface area contributed by atoms with E-state index in [1.165, 1.54) is 19.8 Å². The fraction of sp³-hybridized carbons (Fsp3) is 0.500. The smallest absolute Gasteiger partial charge is 0.263 e. The molecular formula is C26H31N7O2. The summed E-state index contributed by atoms with van der Waals surface area (Å²) in [4.78, 5) is 41.9. The number of aryl methyl sites for hydroxylation is 1. The Morgan fingerprint density at radius 1 is 1.06 bits per heavy atom. The van der Waals surface area contributed by atoms with Crippen molar-refractivity contribution in [2.45, 2.75) is 70.5 Å². The Bertz CT molecular complexity index is 1330. The number of ketones is 1. The van der Waals surface area contributed by atoms with Crippen molar-refractivity contribution < 1.29 is 4.79 Å². The number of pyridine rings is 2. The van der Waals surface area contributed by atoms with E-state index >= 15 is 0 Å². The first-order valence-corrected chi connectivity index (χ1v) is 12.6. The van der Waals surface area contributed by atoms with E-state index in [1.54, 1.807) is 17.7 Å². The lowest BCUT2D eigenvalue weighted by molar-refractivity contribution is 0.101. The third kappa shape index (κ3) is 3.97. The fourth-order valence-electron chi connectivity index (χ4n) is 6.08. The number of piperazine rings is 1. The summed E-state index contributed by atoms with van der Waals surface area (Å²) in [5, 5.41) is 7.60. The molecule has 0 amide bonds. The second-order valence-electron chi connectivity index (χ2n) is 10.2. The lowest BCUT2D eigenvalue weighted by Gasteiger charge is -2.34. The first-order valence-electron chi connectivity index (χ1n) is 12.6. The molecule has 2 unspecified atom stereocenters. The molecule has 3 fully saturated rings. The highest BCUT2D eigenvalue weighted by molar-refractivity contribution is 5.99. The number of Topliss-reactive ketones (excluding diaryl/α,β-unsaturated/α-hetero) is 1. The molecule has 3 aromatic heterocycles. The molecule has 2 N–H and O–H groups in total. The summed E-state index contributed by atoms with van der Waals surface area (Å²) in [7, 11) is 0. The molecule has 1 aliphatic carbocycles. The maximum Gasteiger partial charge on any atom is 0.263 e. The van der Waals surface area contributed by atoms with Crippen molar-refractivity contribution in [2.75, 3.05) is 23.3 Å². The molecular weight excluding hydrogens is 442 g/mol. The molecule has 3 aromatic rings. The summed E-state index contributed by atoms with van der Waals surface area (Å²) in [6, 6.07) is 5.22. The molecule has 1 saturated carbocycles. The van der Waals surface area contributed by atoms with Gasteiger partial charge in [-0.2, -0.15) is 4.98 Å². The molecule has 0 aromatic carbocycles. The van der Waals surface area contributed by atoms with E-state index in [0.29, 0.717) is 35.1 Å². The van der Waals surface area contributed by atoms with Gasteiger partial charge < -0.3 is 15.5 Å². The van der Waals surface area contributed by atoms with E-state index in [0.717, 1.165) is 49.8 Å². The van der Waals surface area contributed by atoms with Gasteiger partial charge in [0.25, 0.3) is 5.56 Å². The molecule has 6 rings (SSSR count). The largest absolute Gasteiger partial charge is 0.367 e. The Labute approximate surface area is 204 Å². The van der Waals surface area contributed by atoms with Crippen molar-refractivity contribution in [2.24, 2.45) is 0 Å². The summed E-state index contributed by atoms with van der Waals surface area (Å²) in [5.41, 5.74) is 2.34. The minimum absolute atomic E-state index is 0.0539. The van der Waals surface area contributed by atoms with Crippen molar-refractivity contribution in [3.05, 3.63) is 46.0 Å². The zero-order chi connectivity index (χ0) is 24.1. The number of carbonyl (C=O) groups is 1. The van der Waals surface area contributed by atoms with E-state index < -0.39 is 0 Å². The van der Waals surface area contributed by atoms with Crippen LogP contribution in [0.2, 0.25) is 0 Å². The van der Waals surface area contributed by atoms with Crippen LogP contribution in [-0.4, -0.2) is 50.5 Å². The molecule has 2 bridgehead atoms. The van der Waals surface area contributed by atoms with Gasteiger partial charge in [0.15, 0.2) is 5.78 Å². The number of carbonyl (C=O) groups excluding carboxylic acids is 1. The highest BCUT2D eigenvalue weighted by Gasteiger charge is 2.32. The van der Waals surface area contributed by atoms with Crippen LogP contribution >= 0.6 is 0 Å². The van der Waals surface area contributed by atoms with E-state index in [2.05, 4.69) is 31.6 Å². The predicted molar refractivity (Wildman–Crippen MR) is 136 cm³/mol. The number of aromatic nitrogens is 4. The van der Waals surface area contributed by atoms with Crippen LogP contribution in [0.25, 0.3) is 11.0 Å². The third-order valence-electron chi connectivity index (χ3n) is 7.82. The first-order chi connectivity index (χ1) is 17.0. The van der Waals surface area contributed by atoms with Crippen LogP contribution < -0.4 is 21.1 Å². The van der Waals surface area contributed by atoms with E-state index in [9.17, 15) is 9.59 Å². The number of anilines is 3. The number of nitrogens with zero attached hydrogens (tertiary/aromatic N) is 5. The maximum atomic E-state index is 13.4. The molecule has 0 spiro atoms. The van der Waals surface area contributed by atoms with Crippen LogP contribution in [0, 0.1) is 6.92 Å². The minimum atomic E-state index is -0.244. The number of fused-ring (bicyclic) bond motifs is 3. The quantitative estimate of drug-likeness (QED) is 0.543. The van der Waals surface area contributed by atoms with Crippen LogP contribution in [-0.2, 0) is 0 Å². The molecule has 2 aliphatic heterocycles. The standard InChI is InChI=1S/C26H31N7O2/c1-15-21-12-28-26(31-24(21)33(19-5-3-4-6-19)25(35)23(15)16(2)34)30-22-10-9-20(11-27-22)32-13-17-7-8-18(14-32)29-17/h9-12,17-19,29H,3-8,13-14H2,1-2H3,(H,27,28,30,31). The lowest BCUT2D eigenvalue weighted by Crippen LogP contribution is -2.51. The molecule has 2 atom stereocenters. The normalized spacial score (nSPS) is 22.2. The Kier molecular flexibility index (Phi) is 5.51. The summed E-state index contributed by atoms with van der Waals surface area (Å²) in [5.74, 6) is 0.822. The minimum Gasteiger partial charge on any atom is -0.367 e. The highest BCUT2D eigenvalue weighted by atomic mass is 16.1. The molecule has 3 aliphatic rings. The molecule has 9 heteroatoms. The van der Waals surface area contributed by atoms with Gasteiger partial charge in [-0.25, -0.2) is 9.97 Å². The number of nitrogens with one attached hydrogen (secondary N) is 2.